The van der Waals surface area contributed by atoms with Crippen molar-refractivity contribution >= 4 is 0 Å². The molecular formula is C11H17FN2. The van der Waals surface area contributed by atoms with Crippen LogP contribution in [0.3, 0.4) is 0 Å². The zero-order valence-electron chi connectivity index (χ0n) is 8.81. The molecule has 0 aromatic rings. The molecule has 1 aliphatic carbocycles. The Labute approximate surface area is 84.5 Å². The lowest BCUT2D eigenvalue weighted by atomic mass is 9.89. The number of halogens is 1. The van der Waals surface area contributed by atoms with E-state index >= 15 is 0 Å². The summed E-state index contributed by atoms with van der Waals surface area (Å²) in [6.07, 6.45) is 3.56. The van der Waals surface area contributed by atoms with E-state index < -0.39 is 0 Å². The molecule has 1 heterocycles. The van der Waals surface area contributed by atoms with Crippen LogP contribution in [0.15, 0.2) is 23.0 Å². The van der Waals surface area contributed by atoms with Gasteiger partial charge in [-0.2, -0.15) is 0 Å². The molecule has 1 N–H and O–H groups in total. The SMILES string of the molecule is CNC1CC2=C(C=C1F)CCN(C)C2. The molecule has 2 nitrogen and oxygen atoms in total. The van der Waals surface area contributed by atoms with E-state index in [0.29, 0.717) is 0 Å². The number of hydrogen-bond donors (Lipinski definition) is 1. The van der Waals surface area contributed by atoms with Gasteiger partial charge >= 0.3 is 0 Å². The Morgan fingerprint density at radius 1 is 1.57 bits per heavy atom. The van der Waals surface area contributed by atoms with Crippen LogP contribution >= 0.6 is 0 Å². The average Bonchev–Trinajstić information content (AvgIpc) is 2.17. The fourth-order valence-electron chi connectivity index (χ4n) is 2.22. The second-order valence-corrected chi connectivity index (χ2v) is 4.19. The second kappa shape index (κ2) is 3.83. The highest BCUT2D eigenvalue weighted by molar-refractivity contribution is 5.37. The molecule has 1 aliphatic heterocycles. The summed E-state index contributed by atoms with van der Waals surface area (Å²) in [5.74, 6) is -0.00389. The second-order valence-electron chi connectivity index (χ2n) is 4.19. The number of allylic oxidation sites excluding steroid dienone is 1. The first-order valence-corrected chi connectivity index (χ1v) is 5.14. The van der Waals surface area contributed by atoms with E-state index in [0.717, 1.165) is 25.9 Å². The average molecular weight is 196 g/mol. The Hall–Kier alpha value is -0.670. The van der Waals surface area contributed by atoms with Crippen molar-refractivity contribution in [1.82, 2.24) is 10.2 Å². The van der Waals surface area contributed by atoms with E-state index in [9.17, 15) is 4.39 Å². The highest BCUT2D eigenvalue weighted by Gasteiger charge is 2.25. The minimum atomic E-state index is -0.0970. The molecule has 1 atom stereocenters. The minimum absolute atomic E-state index is 0.00389. The fraction of sp³-hybridized carbons (Fsp3) is 0.636. The Morgan fingerprint density at radius 3 is 3.07 bits per heavy atom. The zero-order valence-corrected chi connectivity index (χ0v) is 8.81. The Morgan fingerprint density at radius 2 is 2.36 bits per heavy atom. The van der Waals surface area contributed by atoms with Crippen molar-refractivity contribution < 1.29 is 4.39 Å². The summed E-state index contributed by atoms with van der Waals surface area (Å²) in [5, 5.41) is 3.01. The largest absolute Gasteiger partial charge is 0.311 e. The van der Waals surface area contributed by atoms with Gasteiger partial charge in [0.15, 0.2) is 0 Å². The summed E-state index contributed by atoms with van der Waals surface area (Å²) < 4.78 is 13.5. The van der Waals surface area contributed by atoms with Crippen molar-refractivity contribution in [2.45, 2.75) is 18.9 Å². The molecule has 0 spiro atoms. The van der Waals surface area contributed by atoms with Crippen LogP contribution in [0.5, 0.6) is 0 Å². The third-order valence-electron chi connectivity index (χ3n) is 3.12. The molecule has 0 radical (unpaired) electrons. The first-order valence-electron chi connectivity index (χ1n) is 5.14. The molecule has 0 bridgehead atoms. The van der Waals surface area contributed by atoms with Crippen LogP contribution in [0.1, 0.15) is 12.8 Å². The topological polar surface area (TPSA) is 15.3 Å². The van der Waals surface area contributed by atoms with Gasteiger partial charge in [-0.15, -0.1) is 0 Å². The molecule has 0 fully saturated rings. The van der Waals surface area contributed by atoms with E-state index in [-0.39, 0.29) is 11.9 Å². The molecule has 0 saturated carbocycles. The maximum atomic E-state index is 13.5. The van der Waals surface area contributed by atoms with Crippen LogP contribution in [0.25, 0.3) is 0 Å². The summed E-state index contributed by atoms with van der Waals surface area (Å²) in [4.78, 5) is 2.29. The molecular weight excluding hydrogens is 179 g/mol. The maximum absolute atomic E-state index is 13.5. The quantitative estimate of drug-likeness (QED) is 0.683. The van der Waals surface area contributed by atoms with Crippen LogP contribution in [0.4, 0.5) is 4.39 Å². The predicted octanol–water partition coefficient (Wildman–Crippen LogP) is 1.46. The molecule has 3 heteroatoms. The Bertz CT molecular complexity index is 294. The van der Waals surface area contributed by atoms with Crippen molar-refractivity contribution in [2.24, 2.45) is 0 Å². The number of nitrogens with zero attached hydrogens (tertiary/aromatic N) is 1. The number of nitrogens with one attached hydrogen (secondary N) is 1. The number of hydrogen-bond acceptors (Lipinski definition) is 2. The summed E-state index contributed by atoms with van der Waals surface area (Å²) in [6.45, 7) is 2.05. The molecule has 1 unspecified atom stereocenters. The van der Waals surface area contributed by atoms with Gasteiger partial charge in [-0.25, -0.2) is 4.39 Å². The number of likely N-dealkylation sites (N-methyl/N-ethyl adjacent to an activating group) is 2. The lowest BCUT2D eigenvalue weighted by Crippen LogP contribution is -2.35. The molecule has 78 valence electrons. The molecule has 0 amide bonds. The standard InChI is InChI=1S/C11H17FN2/c1-13-11-6-9-7-14(2)4-3-8(9)5-10(11)12/h5,11,13H,3-4,6-7H2,1-2H3. The number of rotatable bonds is 1. The van der Waals surface area contributed by atoms with E-state index in [2.05, 4.69) is 17.3 Å². The van der Waals surface area contributed by atoms with E-state index in [4.69, 9.17) is 0 Å². The monoisotopic (exact) mass is 196 g/mol. The van der Waals surface area contributed by atoms with Crippen molar-refractivity contribution in [3.05, 3.63) is 23.0 Å². The van der Waals surface area contributed by atoms with Gasteiger partial charge < -0.3 is 10.2 Å². The molecule has 0 saturated heterocycles. The lowest BCUT2D eigenvalue weighted by Gasteiger charge is -2.31. The van der Waals surface area contributed by atoms with Crippen LogP contribution in [-0.4, -0.2) is 38.1 Å². The summed E-state index contributed by atoms with van der Waals surface area (Å²) >= 11 is 0. The van der Waals surface area contributed by atoms with E-state index in [1.54, 1.807) is 6.08 Å². The van der Waals surface area contributed by atoms with Gasteiger partial charge in [0.25, 0.3) is 0 Å². The minimum Gasteiger partial charge on any atom is -0.311 e. The van der Waals surface area contributed by atoms with Crippen molar-refractivity contribution in [3.8, 4) is 0 Å². The smallest absolute Gasteiger partial charge is 0.117 e. The highest BCUT2D eigenvalue weighted by atomic mass is 19.1. The third-order valence-corrected chi connectivity index (χ3v) is 3.12. The van der Waals surface area contributed by atoms with Crippen LogP contribution in [0.2, 0.25) is 0 Å². The van der Waals surface area contributed by atoms with E-state index in [1.807, 2.05) is 7.05 Å². The third kappa shape index (κ3) is 1.74. The van der Waals surface area contributed by atoms with Crippen LogP contribution < -0.4 is 5.32 Å². The fourth-order valence-corrected chi connectivity index (χ4v) is 2.22. The lowest BCUT2D eigenvalue weighted by molar-refractivity contribution is 0.334. The molecule has 2 rings (SSSR count). The highest BCUT2D eigenvalue weighted by Crippen LogP contribution is 2.30. The normalized spacial score (nSPS) is 28.8. The first kappa shape index (κ1) is 9.87. The van der Waals surface area contributed by atoms with Crippen molar-refractivity contribution in [3.63, 3.8) is 0 Å². The van der Waals surface area contributed by atoms with Gasteiger partial charge in [0.05, 0.1) is 6.04 Å². The van der Waals surface area contributed by atoms with Crippen LogP contribution in [0, 0.1) is 0 Å². The molecule has 2 aliphatic rings. The van der Waals surface area contributed by atoms with Gasteiger partial charge in [-0.1, -0.05) is 5.57 Å². The first-order chi connectivity index (χ1) is 6.70. The zero-order chi connectivity index (χ0) is 10.1. The molecule has 0 aromatic heterocycles. The Balaban J connectivity index is 2.20. The van der Waals surface area contributed by atoms with E-state index in [1.165, 1.54) is 11.1 Å². The molecule has 0 aromatic carbocycles. The summed E-state index contributed by atoms with van der Waals surface area (Å²) in [6, 6.07) is -0.0970. The summed E-state index contributed by atoms with van der Waals surface area (Å²) in [5.41, 5.74) is 2.63. The van der Waals surface area contributed by atoms with Gasteiger partial charge in [-0.05, 0) is 38.6 Å². The van der Waals surface area contributed by atoms with Gasteiger partial charge in [0.1, 0.15) is 5.83 Å². The van der Waals surface area contributed by atoms with Crippen LogP contribution in [-0.2, 0) is 0 Å². The van der Waals surface area contributed by atoms with Gasteiger partial charge in [0, 0.05) is 13.1 Å². The van der Waals surface area contributed by atoms with Gasteiger partial charge in [0.2, 0.25) is 0 Å². The van der Waals surface area contributed by atoms with Crippen molar-refractivity contribution in [2.75, 3.05) is 27.2 Å². The Kier molecular flexibility index (Phi) is 2.70. The summed E-state index contributed by atoms with van der Waals surface area (Å²) in [7, 11) is 3.93. The van der Waals surface area contributed by atoms with Crippen molar-refractivity contribution in [1.29, 1.82) is 0 Å². The predicted molar refractivity (Wildman–Crippen MR) is 55.8 cm³/mol. The molecule has 14 heavy (non-hydrogen) atoms. The maximum Gasteiger partial charge on any atom is 0.117 e. The van der Waals surface area contributed by atoms with Gasteiger partial charge in [-0.3, -0.25) is 0 Å².